The molecule has 0 radical (unpaired) electrons. The molecule has 0 saturated carbocycles. The van der Waals surface area contributed by atoms with Crippen molar-refractivity contribution in [3.05, 3.63) is 64.2 Å². The van der Waals surface area contributed by atoms with Crippen LogP contribution in [0, 0.1) is 13.8 Å². The average molecular weight is 265 g/mol. The zero-order valence-corrected chi connectivity index (χ0v) is 11.9. The smallest absolute Gasteiger partial charge is 0.117 e. The number of aryl methyl sites for hydroxylation is 2. The highest BCUT2D eigenvalue weighted by Gasteiger charge is 2.06. The molecule has 0 amide bonds. The lowest BCUT2D eigenvalue weighted by Crippen LogP contribution is -1.78. The predicted octanol–water partition coefficient (Wildman–Crippen LogP) is 5.08. The first-order valence-corrected chi connectivity index (χ1v) is 7.15. The monoisotopic (exact) mass is 265 g/mol. The van der Waals surface area contributed by atoms with Crippen LogP contribution in [0.5, 0.6) is 0 Å². The summed E-state index contributed by atoms with van der Waals surface area (Å²) in [5.74, 6) is 0. The standard InChI is InChI=1S/C17H15NS/c1-12-8-9-13(2)17-16(12)18-15(19-17)11-10-14-6-4-3-5-7-14/h3-11H,1-2H3/b11-10+. The van der Waals surface area contributed by atoms with Gasteiger partial charge in [-0.2, -0.15) is 0 Å². The first-order chi connectivity index (χ1) is 9.24. The molecule has 19 heavy (non-hydrogen) atoms. The van der Waals surface area contributed by atoms with Gasteiger partial charge in [0.15, 0.2) is 0 Å². The number of fused-ring (bicyclic) bond motifs is 1. The maximum absolute atomic E-state index is 4.72. The molecular formula is C17H15NS. The van der Waals surface area contributed by atoms with Crippen LogP contribution in [0.2, 0.25) is 0 Å². The lowest BCUT2D eigenvalue weighted by Gasteiger charge is -1.96. The summed E-state index contributed by atoms with van der Waals surface area (Å²) in [6.07, 6.45) is 4.21. The van der Waals surface area contributed by atoms with Crippen LogP contribution in [0.3, 0.4) is 0 Å². The second-order valence-electron chi connectivity index (χ2n) is 4.67. The molecule has 2 aromatic carbocycles. The largest absolute Gasteiger partial charge is 0.236 e. The molecule has 0 unspecified atom stereocenters. The van der Waals surface area contributed by atoms with Crippen molar-refractivity contribution in [2.24, 2.45) is 0 Å². The Bertz CT molecular complexity index is 700. The Kier molecular flexibility index (Phi) is 3.18. The van der Waals surface area contributed by atoms with Gasteiger partial charge in [0.05, 0.1) is 10.2 Å². The summed E-state index contributed by atoms with van der Waals surface area (Å²) < 4.78 is 1.30. The third-order valence-corrected chi connectivity index (χ3v) is 4.33. The minimum absolute atomic E-state index is 1.07. The van der Waals surface area contributed by atoms with Crippen LogP contribution in [0.1, 0.15) is 21.7 Å². The predicted molar refractivity (Wildman–Crippen MR) is 84.5 cm³/mol. The molecule has 0 aliphatic carbocycles. The first-order valence-electron chi connectivity index (χ1n) is 6.34. The molecule has 0 aliphatic heterocycles. The van der Waals surface area contributed by atoms with Gasteiger partial charge in [0, 0.05) is 0 Å². The third-order valence-electron chi connectivity index (χ3n) is 3.18. The normalized spacial score (nSPS) is 11.5. The van der Waals surface area contributed by atoms with E-state index in [9.17, 15) is 0 Å². The number of rotatable bonds is 2. The van der Waals surface area contributed by atoms with E-state index in [0.717, 1.165) is 10.5 Å². The van der Waals surface area contributed by atoms with Crippen molar-refractivity contribution >= 4 is 33.7 Å². The van der Waals surface area contributed by atoms with E-state index in [-0.39, 0.29) is 0 Å². The minimum atomic E-state index is 1.07. The van der Waals surface area contributed by atoms with Gasteiger partial charge < -0.3 is 0 Å². The van der Waals surface area contributed by atoms with E-state index < -0.39 is 0 Å². The van der Waals surface area contributed by atoms with Crippen molar-refractivity contribution in [1.29, 1.82) is 0 Å². The Hall–Kier alpha value is -1.93. The summed E-state index contributed by atoms with van der Waals surface area (Å²) >= 11 is 1.76. The Morgan fingerprint density at radius 1 is 0.895 bits per heavy atom. The van der Waals surface area contributed by atoms with Crippen molar-refractivity contribution in [1.82, 2.24) is 4.98 Å². The molecule has 0 atom stereocenters. The maximum Gasteiger partial charge on any atom is 0.117 e. The molecule has 3 rings (SSSR count). The van der Waals surface area contributed by atoms with Crippen molar-refractivity contribution in [2.45, 2.75) is 13.8 Å². The van der Waals surface area contributed by atoms with Crippen molar-refractivity contribution in [3.63, 3.8) is 0 Å². The second kappa shape index (κ2) is 4.98. The number of aromatic nitrogens is 1. The molecule has 3 aromatic rings. The molecule has 0 fully saturated rings. The molecular weight excluding hydrogens is 250 g/mol. The van der Waals surface area contributed by atoms with Gasteiger partial charge in [-0.05, 0) is 36.6 Å². The number of benzene rings is 2. The van der Waals surface area contributed by atoms with Crippen LogP contribution in [0.25, 0.3) is 22.4 Å². The van der Waals surface area contributed by atoms with Crippen LogP contribution in [-0.2, 0) is 0 Å². The number of nitrogens with zero attached hydrogens (tertiary/aromatic N) is 1. The van der Waals surface area contributed by atoms with Crippen LogP contribution in [0.15, 0.2) is 42.5 Å². The topological polar surface area (TPSA) is 12.9 Å². The van der Waals surface area contributed by atoms with Crippen LogP contribution in [0.4, 0.5) is 0 Å². The van der Waals surface area contributed by atoms with Gasteiger partial charge in [0.25, 0.3) is 0 Å². The van der Waals surface area contributed by atoms with E-state index >= 15 is 0 Å². The van der Waals surface area contributed by atoms with Gasteiger partial charge in [-0.15, -0.1) is 11.3 Å². The molecule has 0 saturated heterocycles. The third kappa shape index (κ3) is 2.45. The molecule has 0 bridgehead atoms. The quantitative estimate of drug-likeness (QED) is 0.629. The van der Waals surface area contributed by atoms with E-state index in [1.54, 1.807) is 11.3 Å². The fourth-order valence-electron chi connectivity index (χ4n) is 2.08. The summed E-state index contributed by atoms with van der Waals surface area (Å²) in [6, 6.07) is 14.6. The van der Waals surface area contributed by atoms with E-state index in [2.05, 4.69) is 50.3 Å². The second-order valence-corrected chi connectivity index (χ2v) is 5.70. The van der Waals surface area contributed by atoms with Gasteiger partial charge in [-0.25, -0.2) is 4.98 Å². The van der Waals surface area contributed by atoms with Crippen molar-refractivity contribution < 1.29 is 0 Å². The van der Waals surface area contributed by atoms with Crippen LogP contribution >= 0.6 is 11.3 Å². The summed E-state index contributed by atoms with van der Waals surface area (Å²) in [4.78, 5) is 4.72. The van der Waals surface area contributed by atoms with Gasteiger partial charge >= 0.3 is 0 Å². The molecule has 0 N–H and O–H groups in total. The number of hydrogen-bond donors (Lipinski definition) is 0. The maximum atomic E-state index is 4.72. The molecule has 94 valence electrons. The lowest BCUT2D eigenvalue weighted by atomic mass is 10.1. The molecule has 0 aliphatic rings. The SMILES string of the molecule is Cc1ccc(C)c2sc(/C=C/c3ccccc3)nc12. The number of thiazole rings is 1. The summed E-state index contributed by atoms with van der Waals surface area (Å²) in [5.41, 5.74) is 4.89. The van der Waals surface area contributed by atoms with Gasteiger partial charge in [0.2, 0.25) is 0 Å². The minimum Gasteiger partial charge on any atom is -0.236 e. The van der Waals surface area contributed by atoms with Gasteiger partial charge in [0.1, 0.15) is 5.01 Å². The van der Waals surface area contributed by atoms with E-state index in [1.807, 2.05) is 18.2 Å². The van der Waals surface area contributed by atoms with Gasteiger partial charge in [-0.1, -0.05) is 48.5 Å². The highest BCUT2D eigenvalue weighted by Crippen LogP contribution is 2.28. The molecule has 0 spiro atoms. The Morgan fingerprint density at radius 2 is 1.63 bits per heavy atom. The Morgan fingerprint density at radius 3 is 2.37 bits per heavy atom. The van der Waals surface area contributed by atoms with Crippen molar-refractivity contribution in [2.75, 3.05) is 0 Å². The zero-order valence-electron chi connectivity index (χ0n) is 11.1. The molecule has 1 aromatic heterocycles. The Labute approximate surface area is 117 Å². The Balaban J connectivity index is 2.01. The van der Waals surface area contributed by atoms with E-state index in [1.165, 1.54) is 21.4 Å². The highest BCUT2D eigenvalue weighted by atomic mass is 32.1. The average Bonchev–Trinajstić information content (AvgIpc) is 2.87. The van der Waals surface area contributed by atoms with Crippen LogP contribution in [-0.4, -0.2) is 4.98 Å². The summed E-state index contributed by atoms with van der Waals surface area (Å²) in [5, 5.41) is 1.07. The fourth-order valence-corrected chi connectivity index (χ4v) is 3.09. The van der Waals surface area contributed by atoms with E-state index in [4.69, 9.17) is 4.98 Å². The summed E-state index contributed by atoms with van der Waals surface area (Å²) in [7, 11) is 0. The molecule has 1 nitrogen and oxygen atoms in total. The van der Waals surface area contributed by atoms with Crippen molar-refractivity contribution in [3.8, 4) is 0 Å². The van der Waals surface area contributed by atoms with E-state index in [0.29, 0.717) is 0 Å². The molecule has 1 heterocycles. The molecule has 2 heteroatoms. The van der Waals surface area contributed by atoms with Crippen LogP contribution < -0.4 is 0 Å². The summed E-state index contributed by atoms with van der Waals surface area (Å²) in [6.45, 7) is 4.26. The number of hydrogen-bond acceptors (Lipinski definition) is 2. The first kappa shape index (κ1) is 12.1. The highest BCUT2D eigenvalue weighted by molar-refractivity contribution is 7.19. The lowest BCUT2D eigenvalue weighted by molar-refractivity contribution is 1.39. The zero-order chi connectivity index (χ0) is 13.2. The van der Waals surface area contributed by atoms with Gasteiger partial charge in [-0.3, -0.25) is 0 Å². The fraction of sp³-hybridized carbons (Fsp3) is 0.118.